The van der Waals surface area contributed by atoms with Crippen molar-refractivity contribution in [3.05, 3.63) is 0 Å². The first-order valence-corrected chi connectivity index (χ1v) is 11.5. The fourth-order valence-electron chi connectivity index (χ4n) is 1.78. The summed E-state index contributed by atoms with van der Waals surface area (Å²) in [4.78, 5) is 0. The van der Waals surface area contributed by atoms with Crippen molar-refractivity contribution in [2.24, 2.45) is 0 Å². The van der Waals surface area contributed by atoms with E-state index in [4.69, 9.17) is 9.11 Å². The summed E-state index contributed by atoms with van der Waals surface area (Å²) in [6.45, 7) is 7.53. The van der Waals surface area contributed by atoms with Crippen molar-refractivity contribution in [1.29, 1.82) is 0 Å². The highest BCUT2D eigenvalue weighted by Crippen LogP contribution is 2.36. The lowest BCUT2D eigenvalue weighted by atomic mass is 10.2. The highest BCUT2D eigenvalue weighted by Gasteiger charge is 2.30. The standard InChI is InChI=1S/C8H18Si.H2O7S2/c1-8-6-4-5-7-9(8,2)3;1-8(2,3)7-9(4,5)6/h8H,4-7H2,1-3H3;(H,1,2,3)(H,4,5,6). The van der Waals surface area contributed by atoms with Gasteiger partial charge in [-0.2, -0.15) is 16.8 Å². The van der Waals surface area contributed by atoms with E-state index < -0.39 is 28.9 Å². The minimum atomic E-state index is -5.12. The van der Waals surface area contributed by atoms with Crippen LogP contribution in [-0.4, -0.2) is 34.0 Å². The molecule has 18 heavy (non-hydrogen) atoms. The Morgan fingerprint density at radius 2 is 1.50 bits per heavy atom. The molecule has 0 amide bonds. The Balaban J connectivity index is 0.000000321. The van der Waals surface area contributed by atoms with Gasteiger partial charge in [0.1, 0.15) is 0 Å². The molecule has 0 aliphatic carbocycles. The van der Waals surface area contributed by atoms with Gasteiger partial charge in [0.25, 0.3) is 0 Å². The van der Waals surface area contributed by atoms with Crippen molar-refractivity contribution >= 4 is 28.9 Å². The Morgan fingerprint density at radius 3 is 1.67 bits per heavy atom. The molecular formula is C8H20O7S2Si. The molecule has 0 spiro atoms. The van der Waals surface area contributed by atoms with E-state index in [-0.39, 0.29) is 0 Å². The van der Waals surface area contributed by atoms with Crippen molar-refractivity contribution in [2.45, 2.75) is 50.9 Å². The Morgan fingerprint density at radius 1 is 1.06 bits per heavy atom. The van der Waals surface area contributed by atoms with Crippen LogP contribution in [0.5, 0.6) is 0 Å². The molecule has 1 fully saturated rings. The summed E-state index contributed by atoms with van der Waals surface area (Å²) in [7, 11) is -10.9. The van der Waals surface area contributed by atoms with Gasteiger partial charge in [0.2, 0.25) is 0 Å². The molecule has 1 aliphatic heterocycles. The summed E-state index contributed by atoms with van der Waals surface area (Å²) in [5.41, 5.74) is 1.09. The predicted octanol–water partition coefficient (Wildman–Crippen LogP) is 1.88. The highest BCUT2D eigenvalue weighted by atomic mass is 32.3. The van der Waals surface area contributed by atoms with Gasteiger partial charge < -0.3 is 0 Å². The van der Waals surface area contributed by atoms with Crippen molar-refractivity contribution < 1.29 is 29.6 Å². The molecule has 1 aliphatic rings. The van der Waals surface area contributed by atoms with Gasteiger partial charge in [0.05, 0.1) is 8.07 Å². The lowest BCUT2D eigenvalue weighted by Crippen LogP contribution is -2.33. The van der Waals surface area contributed by atoms with Crippen molar-refractivity contribution in [1.82, 2.24) is 0 Å². The maximum absolute atomic E-state index is 9.44. The van der Waals surface area contributed by atoms with E-state index in [1.807, 2.05) is 0 Å². The summed E-state index contributed by atoms with van der Waals surface area (Å²) in [5.74, 6) is 0. The highest BCUT2D eigenvalue weighted by molar-refractivity contribution is 7.94. The van der Waals surface area contributed by atoms with Gasteiger partial charge in [-0.1, -0.05) is 45.3 Å². The molecule has 110 valence electrons. The molecule has 0 saturated carbocycles. The zero-order valence-corrected chi connectivity index (χ0v) is 13.3. The van der Waals surface area contributed by atoms with Gasteiger partial charge in [0, 0.05) is 0 Å². The number of hydrogen-bond acceptors (Lipinski definition) is 5. The molecule has 1 heterocycles. The summed E-state index contributed by atoms with van der Waals surface area (Å²) in [5, 5.41) is 0. The Bertz CT molecular complexity index is 424. The Hall–Kier alpha value is -0.00312. The van der Waals surface area contributed by atoms with E-state index in [2.05, 4.69) is 23.6 Å². The molecule has 0 aromatic heterocycles. The Labute approximate surface area is 109 Å². The average Bonchev–Trinajstić information content (AvgIpc) is 2.04. The molecule has 1 unspecified atom stereocenters. The van der Waals surface area contributed by atoms with E-state index in [0.717, 1.165) is 5.54 Å². The summed E-state index contributed by atoms with van der Waals surface area (Å²) >= 11 is 0. The van der Waals surface area contributed by atoms with Crippen molar-refractivity contribution in [3.8, 4) is 0 Å². The van der Waals surface area contributed by atoms with E-state index in [9.17, 15) is 16.8 Å². The maximum Gasteiger partial charge on any atom is 0.413 e. The van der Waals surface area contributed by atoms with Gasteiger partial charge in [-0.15, -0.1) is 3.63 Å². The molecule has 0 radical (unpaired) electrons. The second-order valence-corrected chi connectivity index (χ2v) is 12.8. The molecule has 7 nitrogen and oxygen atoms in total. The third-order valence-corrected chi connectivity index (χ3v) is 9.19. The molecule has 1 atom stereocenters. The molecule has 10 heteroatoms. The minimum Gasteiger partial charge on any atom is -0.263 e. The fraction of sp³-hybridized carbons (Fsp3) is 1.00. The third-order valence-electron chi connectivity index (χ3n) is 3.21. The van der Waals surface area contributed by atoms with Crippen LogP contribution in [0.25, 0.3) is 0 Å². The summed E-state index contributed by atoms with van der Waals surface area (Å²) in [6.07, 6.45) is 4.53. The molecule has 1 saturated heterocycles. The molecule has 0 aromatic rings. The average molecular weight is 320 g/mol. The van der Waals surface area contributed by atoms with Crippen LogP contribution in [0.2, 0.25) is 24.7 Å². The second kappa shape index (κ2) is 6.44. The first-order chi connectivity index (χ1) is 7.83. The van der Waals surface area contributed by atoms with Crippen LogP contribution in [0.15, 0.2) is 0 Å². The number of hydrogen-bond donors (Lipinski definition) is 2. The van der Waals surface area contributed by atoms with Gasteiger partial charge in [-0.05, 0) is 5.54 Å². The molecular weight excluding hydrogens is 300 g/mol. The van der Waals surface area contributed by atoms with Crippen LogP contribution in [0.1, 0.15) is 26.2 Å². The van der Waals surface area contributed by atoms with Crippen molar-refractivity contribution in [3.63, 3.8) is 0 Å². The van der Waals surface area contributed by atoms with Crippen LogP contribution < -0.4 is 0 Å². The van der Waals surface area contributed by atoms with Crippen LogP contribution in [0.4, 0.5) is 0 Å². The second-order valence-electron chi connectivity index (χ2n) is 5.06. The minimum absolute atomic E-state index is 0.694. The molecule has 1 rings (SSSR count). The van der Waals surface area contributed by atoms with Crippen LogP contribution in [-0.2, 0) is 24.4 Å². The summed E-state index contributed by atoms with van der Waals surface area (Å²) < 4.78 is 55.6. The lowest BCUT2D eigenvalue weighted by Gasteiger charge is -2.34. The molecule has 0 bridgehead atoms. The van der Waals surface area contributed by atoms with Gasteiger partial charge >= 0.3 is 20.8 Å². The topological polar surface area (TPSA) is 118 Å². The van der Waals surface area contributed by atoms with Gasteiger partial charge in [-0.25, -0.2) is 0 Å². The fourth-order valence-corrected chi connectivity index (χ4v) is 5.29. The first-order valence-electron chi connectivity index (χ1n) is 5.49. The smallest absolute Gasteiger partial charge is 0.263 e. The van der Waals surface area contributed by atoms with E-state index >= 15 is 0 Å². The molecule has 0 aromatic carbocycles. The van der Waals surface area contributed by atoms with Gasteiger partial charge in [-0.3, -0.25) is 9.11 Å². The molecule has 2 N–H and O–H groups in total. The first kappa shape index (κ1) is 18.0. The zero-order chi connectivity index (χ0) is 14.6. The zero-order valence-electron chi connectivity index (χ0n) is 10.7. The van der Waals surface area contributed by atoms with Gasteiger partial charge in [0.15, 0.2) is 0 Å². The van der Waals surface area contributed by atoms with E-state index in [1.54, 1.807) is 6.04 Å². The van der Waals surface area contributed by atoms with Crippen molar-refractivity contribution in [2.75, 3.05) is 0 Å². The normalized spacial score (nSPS) is 23.9. The van der Waals surface area contributed by atoms with E-state index in [1.165, 1.54) is 19.3 Å². The van der Waals surface area contributed by atoms with E-state index in [0.29, 0.717) is 0 Å². The SMILES string of the molecule is CC1CCCC[Si]1(C)C.O=S(=O)(O)OS(=O)(=O)O. The van der Waals surface area contributed by atoms with Crippen LogP contribution in [0, 0.1) is 0 Å². The van der Waals surface area contributed by atoms with Crippen LogP contribution in [0.3, 0.4) is 0 Å². The largest absolute Gasteiger partial charge is 0.413 e. The Kier molecular flexibility index (Phi) is 6.43. The third kappa shape index (κ3) is 9.00. The van der Waals surface area contributed by atoms with Crippen LogP contribution >= 0.6 is 0 Å². The quantitative estimate of drug-likeness (QED) is 0.589. The predicted molar refractivity (Wildman–Crippen MR) is 69.7 cm³/mol. The maximum atomic E-state index is 9.44. The number of rotatable bonds is 2. The monoisotopic (exact) mass is 320 g/mol. The lowest BCUT2D eigenvalue weighted by molar-refractivity contribution is 0.344. The summed E-state index contributed by atoms with van der Waals surface area (Å²) in [6, 6.07) is 1.58.